The zero-order chi connectivity index (χ0) is 25.3. The molecule has 2 amide bonds. The quantitative estimate of drug-likeness (QED) is 0.354. The van der Waals surface area contributed by atoms with Crippen LogP contribution in [0.2, 0.25) is 5.02 Å². The van der Waals surface area contributed by atoms with Gasteiger partial charge in [0.2, 0.25) is 11.8 Å². The van der Waals surface area contributed by atoms with E-state index in [0.29, 0.717) is 33.7 Å². The van der Waals surface area contributed by atoms with Crippen molar-refractivity contribution in [3.8, 4) is 5.75 Å². The summed E-state index contributed by atoms with van der Waals surface area (Å²) in [6.07, 6.45) is 8.93. The summed E-state index contributed by atoms with van der Waals surface area (Å²) in [5.74, 6) is -2.56. The number of imide groups is 1. The second kappa shape index (κ2) is 8.55. The van der Waals surface area contributed by atoms with Gasteiger partial charge in [0.25, 0.3) is 0 Å². The molecule has 0 spiro atoms. The summed E-state index contributed by atoms with van der Waals surface area (Å²) in [5, 5.41) is 10.2. The Balaban J connectivity index is 1.47. The lowest BCUT2D eigenvalue weighted by Crippen LogP contribution is -2.43. The van der Waals surface area contributed by atoms with Crippen LogP contribution in [0.25, 0.3) is 0 Å². The third-order valence-electron chi connectivity index (χ3n) is 8.83. The summed E-state index contributed by atoms with van der Waals surface area (Å²) in [7, 11) is 0. The first-order valence-corrected chi connectivity index (χ1v) is 13.2. The fourth-order valence-corrected chi connectivity index (χ4v) is 7.47. The number of hydrogen-bond acceptors (Lipinski definition) is 5. The molecule has 2 fully saturated rings. The van der Waals surface area contributed by atoms with Gasteiger partial charge < -0.3 is 5.11 Å². The van der Waals surface area contributed by atoms with Crippen LogP contribution in [0.5, 0.6) is 5.75 Å². The predicted octanol–water partition coefficient (Wildman–Crippen LogP) is 4.81. The minimum Gasteiger partial charge on any atom is -0.508 e. The molecule has 1 aromatic carbocycles. The monoisotopic (exact) mass is 505 g/mol. The number of phenols is 1. The van der Waals surface area contributed by atoms with E-state index in [1.54, 1.807) is 13.0 Å². The maximum absolute atomic E-state index is 13.9. The lowest BCUT2D eigenvalue weighted by Gasteiger charge is -2.42. The molecule has 36 heavy (non-hydrogen) atoms. The van der Waals surface area contributed by atoms with Crippen LogP contribution in [-0.2, 0) is 19.2 Å². The minimum absolute atomic E-state index is 0.00446. The lowest BCUT2D eigenvalue weighted by atomic mass is 9.59. The zero-order valence-electron chi connectivity index (χ0n) is 20.1. The first-order chi connectivity index (χ1) is 17.3. The maximum atomic E-state index is 13.9. The van der Waals surface area contributed by atoms with Crippen LogP contribution in [0.15, 0.2) is 52.6 Å². The number of hydrogen-bond donors (Lipinski definition) is 1. The van der Waals surface area contributed by atoms with Crippen LogP contribution < -0.4 is 0 Å². The summed E-state index contributed by atoms with van der Waals surface area (Å²) in [5.41, 5.74) is 2.70. The average molecular weight is 506 g/mol. The van der Waals surface area contributed by atoms with Crippen molar-refractivity contribution >= 4 is 35.0 Å². The second-order valence-electron chi connectivity index (χ2n) is 10.8. The van der Waals surface area contributed by atoms with Gasteiger partial charge in [-0.15, -0.1) is 0 Å². The average Bonchev–Trinajstić information content (AvgIpc) is 3.12. The summed E-state index contributed by atoms with van der Waals surface area (Å²) in [6.45, 7) is 1.64. The highest BCUT2D eigenvalue weighted by Gasteiger charge is 2.57. The number of likely N-dealkylation sites (tertiary alicyclic amines) is 1. The van der Waals surface area contributed by atoms with E-state index < -0.39 is 17.8 Å². The number of phenolic OH excluding ortho intramolecular Hbond substituents is 1. The molecule has 0 aromatic heterocycles. The second-order valence-corrected chi connectivity index (χ2v) is 11.2. The van der Waals surface area contributed by atoms with E-state index >= 15 is 0 Å². The molecule has 186 valence electrons. The number of halogens is 1. The van der Waals surface area contributed by atoms with Gasteiger partial charge in [-0.05, 0) is 62.3 Å². The molecule has 1 saturated heterocycles. The van der Waals surface area contributed by atoms with Crippen molar-refractivity contribution in [2.24, 2.45) is 17.8 Å². The molecule has 6 nitrogen and oxygen atoms in total. The molecule has 1 N–H and O–H groups in total. The van der Waals surface area contributed by atoms with Crippen LogP contribution in [0.4, 0.5) is 0 Å². The zero-order valence-corrected chi connectivity index (χ0v) is 20.9. The normalized spacial score (nSPS) is 30.7. The van der Waals surface area contributed by atoms with E-state index in [0.717, 1.165) is 37.7 Å². The SMILES string of the molecule is CC1=CC(=O)C2=C(C1=O)C(c1ccc(O)cc1Cl)C1=CCC3C(=O)N(C4CCCCC4)C(=O)C3C1C2. The van der Waals surface area contributed by atoms with Crippen LogP contribution in [-0.4, -0.2) is 39.4 Å². The van der Waals surface area contributed by atoms with E-state index in [9.17, 15) is 24.3 Å². The lowest BCUT2D eigenvalue weighted by molar-refractivity contribution is -0.143. The number of rotatable bonds is 2. The van der Waals surface area contributed by atoms with Crippen LogP contribution >= 0.6 is 11.6 Å². The Morgan fingerprint density at radius 1 is 1.00 bits per heavy atom. The van der Waals surface area contributed by atoms with Gasteiger partial charge >= 0.3 is 0 Å². The third kappa shape index (κ3) is 3.37. The highest BCUT2D eigenvalue weighted by Crippen LogP contribution is 2.56. The van der Waals surface area contributed by atoms with Gasteiger partial charge in [0, 0.05) is 33.7 Å². The fraction of sp³-hybridized carbons (Fsp3) is 0.448. The summed E-state index contributed by atoms with van der Waals surface area (Å²) >= 11 is 6.58. The standard InChI is InChI=1S/C29H28ClNO5/c1-14-11-23(33)21-13-20-17(24(26(21)27(14)34)18-8-7-16(32)12-22(18)30)9-10-19-25(20)29(36)31(28(19)35)15-5-3-2-4-6-15/h7-9,11-12,15,19-20,24-25,32H,2-6,10,13H2,1H3. The number of fused-ring (bicyclic) bond motifs is 3. The Morgan fingerprint density at radius 3 is 2.47 bits per heavy atom. The van der Waals surface area contributed by atoms with Crippen molar-refractivity contribution in [1.82, 2.24) is 4.90 Å². The van der Waals surface area contributed by atoms with E-state index in [2.05, 4.69) is 0 Å². The van der Waals surface area contributed by atoms with Crippen molar-refractivity contribution in [3.05, 3.63) is 63.2 Å². The molecule has 1 saturated carbocycles. The van der Waals surface area contributed by atoms with Gasteiger partial charge in [-0.2, -0.15) is 0 Å². The Kier molecular flexibility index (Phi) is 5.56. The van der Waals surface area contributed by atoms with Gasteiger partial charge in [-0.25, -0.2) is 0 Å². The molecule has 0 radical (unpaired) electrons. The van der Waals surface area contributed by atoms with Crippen molar-refractivity contribution in [2.45, 2.75) is 63.8 Å². The third-order valence-corrected chi connectivity index (χ3v) is 9.16. The van der Waals surface area contributed by atoms with E-state index in [1.807, 2.05) is 6.08 Å². The molecule has 4 unspecified atom stereocenters. The number of carbonyl (C=O) groups excluding carboxylic acids is 4. The molecular formula is C29H28ClNO5. The molecule has 0 bridgehead atoms. The Labute approximate surface area is 214 Å². The van der Waals surface area contributed by atoms with Gasteiger partial charge in [0.1, 0.15) is 5.75 Å². The molecule has 1 aliphatic heterocycles. The molecule has 6 rings (SSSR count). The molecule has 4 aliphatic carbocycles. The number of aromatic hydroxyl groups is 1. The Morgan fingerprint density at radius 2 is 1.75 bits per heavy atom. The highest BCUT2D eigenvalue weighted by atomic mass is 35.5. The van der Waals surface area contributed by atoms with Gasteiger partial charge in [-0.3, -0.25) is 24.1 Å². The van der Waals surface area contributed by atoms with E-state index in [4.69, 9.17) is 11.6 Å². The predicted molar refractivity (Wildman–Crippen MR) is 133 cm³/mol. The van der Waals surface area contributed by atoms with Gasteiger partial charge in [0.05, 0.1) is 11.8 Å². The first-order valence-electron chi connectivity index (χ1n) is 12.8. The number of benzene rings is 1. The molecule has 1 aromatic rings. The van der Waals surface area contributed by atoms with Crippen LogP contribution in [0, 0.1) is 17.8 Å². The first kappa shape index (κ1) is 23.4. The molecule has 5 aliphatic rings. The van der Waals surface area contributed by atoms with Crippen LogP contribution in [0.3, 0.4) is 0 Å². The summed E-state index contributed by atoms with van der Waals surface area (Å²) in [6, 6.07) is 4.59. The maximum Gasteiger partial charge on any atom is 0.233 e. The number of allylic oxidation sites excluding steroid dienone is 6. The van der Waals surface area contributed by atoms with E-state index in [1.165, 1.54) is 23.1 Å². The number of ketones is 2. The largest absolute Gasteiger partial charge is 0.508 e. The minimum atomic E-state index is -0.598. The molecule has 1 heterocycles. The Bertz CT molecular complexity index is 1310. The number of amides is 2. The summed E-state index contributed by atoms with van der Waals surface area (Å²) in [4.78, 5) is 55.5. The highest BCUT2D eigenvalue weighted by molar-refractivity contribution is 6.32. The van der Waals surface area contributed by atoms with Crippen molar-refractivity contribution < 1.29 is 24.3 Å². The van der Waals surface area contributed by atoms with E-state index in [-0.39, 0.29) is 47.5 Å². The summed E-state index contributed by atoms with van der Waals surface area (Å²) < 4.78 is 0. The Hall–Kier alpha value is -2.99. The van der Waals surface area contributed by atoms with Crippen molar-refractivity contribution in [1.29, 1.82) is 0 Å². The van der Waals surface area contributed by atoms with Gasteiger partial charge in [0.15, 0.2) is 11.6 Å². The molecular weight excluding hydrogens is 478 g/mol. The van der Waals surface area contributed by atoms with Crippen LogP contribution in [0.1, 0.15) is 63.4 Å². The molecule has 7 heteroatoms. The fourth-order valence-electron chi connectivity index (χ4n) is 7.19. The topological polar surface area (TPSA) is 91.8 Å². The van der Waals surface area contributed by atoms with Crippen molar-refractivity contribution in [3.63, 3.8) is 0 Å². The van der Waals surface area contributed by atoms with Crippen molar-refractivity contribution in [2.75, 3.05) is 0 Å². The molecule has 4 atom stereocenters. The smallest absolute Gasteiger partial charge is 0.233 e. The number of Topliss-reactive ketones (excluding diaryl/α,β-unsaturated/α-hetero) is 1. The number of carbonyl (C=O) groups is 4. The van der Waals surface area contributed by atoms with Gasteiger partial charge in [-0.1, -0.05) is 48.6 Å². The number of nitrogens with zero attached hydrogens (tertiary/aromatic N) is 1.